The van der Waals surface area contributed by atoms with E-state index >= 15 is 0 Å². The standard InChI is InChI=1S/C16H32N4/c1-3-5-6-7-8-9-10-11-12-13-14-20-15(4-2)16(17)18-19-20/h3-14,17H2,1-2H3. The number of nitrogens with zero attached hydrogens (tertiary/aromatic N) is 3. The van der Waals surface area contributed by atoms with Crippen molar-refractivity contribution in [2.45, 2.75) is 91.0 Å². The summed E-state index contributed by atoms with van der Waals surface area (Å²) in [4.78, 5) is 0. The van der Waals surface area contributed by atoms with E-state index in [1.54, 1.807) is 0 Å². The van der Waals surface area contributed by atoms with Crippen LogP contribution in [0, 0.1) is 0 Å². The van der Waals surface area contributed by atoms with Crippen LogP contribution in [0.4, 0.5) is 5.82 Å². The summed E-state index contributed by atoms with van der Waals surface area (Å²) >= 11 is 0. The SMILES string of the molecule is CCCCCCCCCCCCn1nnc(N)c1CC. The van der Waals surface area contributed by atoms with Gasteiger partial charge in [-0.3, -0.25) is 0 Å². The molecule has 20 heavy (non-hydrogen) atoms. The van der Waals surface area contributed by atoms with E-state index in [0.717, 1.165) is 18.7 Å². The molecule has 0 saturated heterocycles. The third kappa shape index (κ3) is 6.40. The fraction of sp³-hybridized carbons (Fsp3) is 0.875. The van der Waals surface area contributed by atoms with Crippen molar-refractivity contribution >= 4 is 5.82 Å². The van der Waals surface area contributed by atoms with E-state index in [9.17, 15) is 0 Å². The highest BCUT2D eigenvalue weighted by Crippen LogP contribution is 2.12. The molecule has 0 saturated carbocycles. The first-order valence-corrected chi connectivity index (χ1v) is 8.47. The lowest BCUT2D eigenvalue weighted by atomic mass is 10.1. The van der Waals surface area contributed by atoms with Crippen LogP contribution in [0.3, 0.4) is 0 Å². The first kappa shape index (κ1) is 17.0. The molecule has 0 aliphatic heterocycles. The quantitative estimate of drug-likeness (QED) is 0.579. The van der Waals surface area contributed by atoms with Crippen LogP contribution in [0.15, 0.2) is 0 Å². The van der Waals surface area contributed by atoms with Gasteiger partial charge in [0, 0.05) is 6.54 Å². The summed E-state index contributed by atoms with van der Waals surface area (Å²) < 4.78 is 1.97. The molecule has 0 spiro atoms. The van der Waals surface area contributed by atoms with Gasteiger partial charge in [0.15, 0.2) is 5.82 Å². The highest BCUT2D eigenvalue weighted by atomic mass is 15.4. The third-order valence-electron chi connectivity index (χ3n) is 3.93. The third-order valence-corrected chi connectivity index (χ3v) is 3.93. The molecular weight excluding hydrogens is 248 g/mol. The minimum Gasteiger partial charge on any atom is -0.381 e. The molecule has 0 aromatic carbocycles. The lowest BCUT2D eigenvalue weighted by molar-refractivity contribution is 0.498. The highest BCUT2D eigenvalue weighted by Gasteiger charge is 2.06. The second kappa shape index (κ2) is 10.7. The fourth-order valence-corrected chi connectivity index (χ4v) is 2.64. The molecule has 4 nitrogen and oxygen atoms in total. The zero-order chi connectivity index (χ0) is 14.6. The maximum atomic E-state index is 5.78. The molecule has 0 atom stereocenters. The molecule has 0 aliphatic carbocycles. The Morgan fingerprint density at radius 2 is 1.40 bits per heavy atom. The van der Waals surface area contributed by atoms with Gasteiger partial charge in [0.2, 0.25) is 0 Å². The molecule has 0 aliphatic rings. The average molecular weight is 280 g/mol. The maximum absolute atomic E-state index is 5.78. The lowest BCUT2D eigenvalue weighted by Crippen LogP contribution is -2.05. The van der Waals surface area contributed by atoms with Crippen molar-refractivity contribution in [1.82, 2.24) is 15.0 Å². The van der Waals surface area contributed by atoms with Gasteiger partial charge in [0.1, 0.15) is 0 Å². The van der Waals surface area contributed by atoms with Gasteiger partial charge in [-0.05, 0) is 12.8 Å². The van der Waals surface area contributed by atoms with E-state index < -0.39 is 0 Å². The zero-order valence-corrected chi connectivity index (χ0v) is 13.4. The highest BCUT2D eigenvalue weighted by molar-refractivity contribution is 5.32. The van der Waals surface area contributed by atoms with Crippen molar-refractivity contribution < 1.29 is 0 Å². The molecule has 2 N–H and O–H groups in total. The van der Waals surface area contributed by atoms with Crippen molar-refractivity contribution in [3.8, 4) is 0 Å². The average Bonchev–Trinajstić information content (AvgIpc) is 2.81. The fourth-order valence-electron chi connectivity index (χ4n) is 2.64. The molecule has 0 amide bonds. The van der Waals surface area contributed by atoms with E-state index in [0.29, 0.717) is 5.82 Å². The van der Waals surface area contributed by atoms with E-state index in [2.05, 4.69) is 24.2 Å². The molecule has 0 bridgehead atoms. The van der Waals surface area contributed by atoms with Crippen LogP contribution in [0.5, 0.6) is 0 Å². The lowest BCUT2D eigenvalue weighted by Gasteiger charge is -2.05. The summed E-state index contributed by atoms with van der Waals surface area (Å²) in [5.41, 5.74) is 6.86. The van der Waals surface area contributed by atoms with Crippen LogP contribution in [0.25, 0.3) is 0 Å². The van der Waals surface area contributed by atoms with Gasteiger partial charge in [-0.15, -0.1) is 5.10 Å². The van der Waals surface area contributed by atoms with Gasteiger partial charge in [-0.1, -0.05) is 76.8 Å². The van der Waals surface area contributed by atoms with Crippen LogP contribution in [0.2, 0.25) is 0 Å². The van der Waals surface area contributed by atoms with Crippen LogP contribution < -0.4 is 5.73 Å². The Bertz CT molecular complexity index is 346. The molecule has 1 heterocycles. The predicted octanol–water partition coefficient (Wildman–Crippen LogP) is 4.34. The molecule has 4 heteroatoms. The Morgan fingerprint density at radius 1 is 0.850 bits per heavy atom. The van der Waals surface area contributed by atoms with Crippen molar-refractivity contribution in [2.24, 2.45) is 0 Å². The van der Waals surface area contributed by atoms with Crippen LogP contribution >= 0.6 is 0 Å². The van der Waals surface area contributed by atoms with Gasteiger partial charge < -0.3 is 5.73 Å². The van der Waals surface area contributed by atoms with Crippen LogP contribution in [-0.4, -0.2) is 15.0 Å². The molecule has 0 fully saturated rings. The molecule has 0 radical (unpaired) electrons. The van der Waals surface area contributed by atoms with Gasteiger partial charge in [-0.2, -0.15) is 0 Å². The minimum absolute atomic E-state index is 0.597. The zero-order valence-electron chi connectivity index (χ0n) is 13.4. The number of aryl methyl sites for hydroxylation is 1. The van der Waals surface area contributed by atoms with Crippen LogP contribution in [0.1, 0.15) is 83.7 Å². The summed E-state index contributed by atoms with van der Waals surface area (Å²) in [5.74, 6) is 0.597. The number of unbranched alkanes of at least 4 members (excludes halogenated alkanes) is 9. The summed E-state index contributed by atoms with van der Waals surface area (Å²) in [5, 5.41) is 8.05. The van der Waals surface area contributed by atoms with Crippen molar-refractivity contribution in [2.75, 3.05) is 5.73 Å². The Morgan fingerprint density at radius 3 is 1.95 bits per heavy atom. The number of hydrogen-bond acceptors (Lipinski definition) is 3. The molecular formula is C16H32N4. The maximum Gasteiger partial charge on any atom is 0.169 e. The summed E-state index contributed by atoms with van der Waals surface area (Å²) in [7, 11) is 0. The first-order chi connectivity index (χ1) is 9.79. The Hall–Kier alpha value is -1.06. The molecule has 1 aromatic heterocycles. The van der Waals surface area contributed by atoms with Gasteiger partial charge in [-0.25, -0.2) is 4.68 Å². The Balaban J connectivity index is 1.97. The first-order valence-electron chi connectivity index (χ1n) is 8.47. The second-order valence-corrected chi connectivity index (χ2v) is 5.68. The minimum atomic E-state index is 0.597. The molecule has 116 valence electrons. The normalized spacial score (nSPS) is 11.1. The number of rotatable bonds is 12. The number of nitrogen functional groups attached to an aromatic ring is 1. The smallest absolute Gasteiger partial charge is 0.169 e. The Labute approximate surface area is 124 Å². The van der Waals surface area contributed by atoms with E-state index in [1.165, 1.54) is 64.2 Å². The number of hydrogen-bond donors (Lipinski definition) is 1. The number of anilines is 1. The van der Waals surface area contributed by atoms with Crippen molar-refractivity contribution in [1.29, 1.82) is 0 Å². The number of aromatic nitrogens is 3. The van der Waals surface area contributed by atoms with Gasteiger partial charge in [0.25, 0.3) is 0 Å². The van der Waals surface area contributed by atoms with E-state index in [-0.39, 0.29) is 0 Å². The topological polar surface area (TPSA) is 56.7 Å². The van der Waals surface area contributed by atoms with E-state index in [4.69, 9.17) is 5.73 Å². The van der Waals surface area contributed by atoms with Gasteiger partial charge >= 0.3 is 0 Å². The largest absolute Gasteiger partial charge is 0.381 e. The predicted molar refractivity (Wildman–Crippen MR) is 85.7 cm³/mol. The summed E-state index contributed by atoms with van der Waals surface area (Å²) in [6.07, 6.45) is 14.5. The summed E-state index contributed by atoms with van der Waals surface area (Å²) in [6.45, 7) is 5.33. The molecule has 1 aromatic rings. The summed E-state index contributed by atoms with van der Waals surface area (Å²) in [6, 6.07) is 0. The number of nitrogens with two attached hydrogens (primary N) is 1. The molecule has 0 unspecified atom stereocenters. The van der Waals surface area contributed by atoms with Crippen molar-refractivity contribution in [3.63, 3.8) is 0 Å². The monoisotopic (exact) mass is 280 g/mol. The second-order valence-electron chi connectivity index (χ2n) is 5.68. The van der Waals surface area contributed by atoms with E-state index in [1.807, 2.05) is 4.68 Å². The molecule has 1 rings (SSSR count). The Kier molecular flexibility index (Phi) is 9.09. The van der Waals surface area contributed by atoms with Gasteiger partial charge in [0.05, 0.1) is 5.69 Å². The van der Waals surface area contributed by atoms with Crippen LogP contribution in [-0.2, 0) is 13.0 Å². The van der Waals surface area contributed by atoms with Crippen molar-refractivity contribution in [3.05, 3.63) is 5.69 Å².